The second-order valence-corrected chi connectivity index (χ2v) is 4.47. The fraction of sp³-hybridized carbons (Fsp3) is 0.294. The molecule has 2 rings (SSSR count). The Morgan fingerprint density at radius 1 is 0.947 bits per heavy atom. The summed E-state index contributed by atoms with van der Waals surface area (Å²) in [5.74, 6) is 0.936. The average molecular weight is 255 g/mol. The molecule has 0 radical (unpaired) electrons. The molecule has 1 unspecified atom stereocenters. The Morgan fingerprint density at radius 3 is 2.21 bits per heavy atom. The lowest BCUT2D eigenvalue weighted by Crippen LogP contribution is -2.22. The molecule has 2 nitrogen and oxygen atoms in total. The summed E-state index contributed by atoms with van der Waals surface area (Å²) >= 11 is 0. The first-order chi connectivity index (χ1) is 9.40. The van der Waals surface area contributed by atoms with Gasteiger partial charge in [0.1, 0.15) is 5.75 Å². The maximum Gasteiger partial charge on any atom is 0.119 e. The molecule has 19 heavy (non-hydrogen) atoms. The number of ether oxygens (including phenoxy) is 1. The van der Waals surface area contributed by atoms with Gasteiger partial charge in [0.15, 0.2) is 0 Å². The molecule has 1 atom stereocenters. The number of benzene rings is 2. The third-order valence-electron chi connectivity index (χ3n) is 3.07. The van der Waals surface area contributed by atoms with Crippen LogP contribution in [0.15, 0.2) is 60.7 Å². The van der Waals surface area contributed by atoms with Crippen molar-refractivity contribution in [3.63, 3.8) is 0 Å². The van der Waals surface area contributed by atoms with Gasteiger partial charge in [0.05, 0.1) is 6.61 Å². The lowest BCUT2D eigenvalue weighted by molar-refractivity contribution is 0.287. The van der Waals surface area contributed by atoms with Crippen molar-refractivity contribution in [2.45, 2.75) is 19.4 Å². The molecule has 0 saturated carbocycles. The molecule has 0 aliphatic carbocycles. The van der Waals surface area contributed by atoms with Crippen LogP contribution in [-0.2, 0) is 0 Å². The fourth-order valence-corrected chi connectivity index (χ4v) is 2.13. The van der Waals surface area contributed by atoms with Crippen molar-refractivity contribution in [3.05, 3.63) is 66.2 Å². The molecular weight excluding hydrogens is 234 g/mol. The molecule has 2 heteroatoms. The van der Waals surface area contributed by atoms with Crippen molar-refractivity contribution in [2.75, 3.05) is 13.2 Å². The van der Waals surface area contributed by atoms with Gasteiger partial charge in [0.25, 0.3) is 0 Å². The zero-order valence-electron chi connectivity index (χ0n) is 11.4. The van der Waals surface area contributed by atoms with Gasteiger partial charge >= 0.3 is 0 Å². The van der Waals surface area contributed by atoms with E-state index in [2.05, 4.69) is 36.5 Å². The van der Waals surface area contributed by atoms with Crippen LogP contribution in [-0.4, -0.2) is 13.2 Å². The summed E-state index contributed by atoms with van der Waals surface area (Å²) in [6.45, 7) is 3.81. The Morgan fingerprint density at radius 2 is 1.58 bits per heavy atom. The summed E-state index contributed by atoms with van der Waals surface area (Å²) in [5, 5.41) is 3.51. The van der Waals surface area contributed by atoms with E-state index in [0.717, 1.165) is 25.3 Å². The van der Waals surface area contributed by atoms with Gasteiger partial charge in [-0.25, -0.2) is 0 Å². The number of hydrogen-bond donors (Lipinski definition) is 1. The van der Waals surface area contributed by atoms with Crippen LogP contribution in [0.25, 0.3) is 0 Å². The summed E-state index contributed by atoms with van der Waals surface area (Å²) in [6.07, 6.45) is 0.965. The standard InChI is InChI=1S/C17H21NO/c1-2-18-17(15-9-5-3-6-10-15)13-14-19-16-11-7-4-8-12-16/h3-12,17-18H,2,13-14H2,1H3. The lowest BCUT2D eigenvalue weighted by Gasteiger charge is -2.18. The minimum Gasteiger partial charge on any atom is -0.494 e. The predicted octanol–water partition coefficient (Wildman–Crippen LogP) is 3.81. The Kier molecular flexibility index (Phi) is 5.45. The van der Waals surface area contributed by atoms with Crippen molar-refractivity contribution in [2.24, 2.45) is 0 Å². The maximum absolute atomic E-state index is 5.76. The number of nitrogens with one attached hydrogen (secondary N) is 1. The zero-order valence-corrected chi connectivity index (χ0v) is 11.4. The minimum atomic E-state index is 0.356. The fourth-order valence-electron chi connectivity index (χ4n) is 2.13. The van der Waals surface area contributed by atoms with Crippen molar-refractivity contribution >= 4 is 0 Å². The van der Waals surface area contributed by atoms with E-state index in [1.807, 2.05) is 36.4 Å². The van der Waals surface area contributed by atoms with Crippen molar-refractivity contribution in [3.8, 4) is 5.75 Å². The van der Waals surface area contributed by atoms with Gasteiger partial charge in [-0.15, -0.1) is 0 Å². The Hall–Kier alpha value is -1.80. The monoisotopic (exact) mass is 255 g/mol. The molecule has 0 bridgehead atoms. The second kappa shape index (κ2) is 7.59. The van der Waals surface area contributed by atoms with E-state index < -0.39 is 0 Å². The van der Waals surface area contributed by atoms with E-state index in [-0.39, 0.29) is 0 Å². The summed E-state index contributed by atoms with van der Waals surface area (Å²) in [4.78, 5) is 0. The smallest absolute Gasteiger partial charge is 0.119 e. The van der Waals surface area contributed by atoms with Gasteiger partial charge in [0, 0.05) is 12.5 Å². The highest BCUT2D eigenvalue weighted by Crippen LogP contribution is 2.17. The highest BCUT2D eigenvalue weighted by Gasteiger charge is 2.09. The third kappa shape index (κ3) is 4.42. The number of para-hydroxylation sites is 1. The first-order valence-electron chi connectivity index (χ1n) is 6.86. The summed E-state index contributed by atoms with van der Waals surface area (Å²) in [6, 6.07) is 20.9. The normalized spacial score (nSPS) is 12.1. The lowest BCUT2D eigenvalue weighted by atomic mass is 10.0. The minimum absolute atomic E-state index is 0.356. The molecule has 0 amide bonds. The van der Waals surface area contributed by atoms with E-state index >= 15 is 0 Å². The van der Waals surface area contributed by atoms with Crippen LogP contribution in [0.1, 0.15) is 24.9 Å². The predicted molar refractivity (Wildman–Crippen MR) is 79.4 cm³/mol. The van der Waals surface area contributed by atoms with Crippen molar-refractivity contribution in [1.82, 2.24) is 5.32 Å². The molecule has 2 aromatic carbocycles. The zero-order chi connectivity index (χ0) is 13.3. The molecule has 0 spiro atoms. The van der Waals surface area contributed by atoms with Gasteiger partial charge in [-0.3, -0.25) is 0 Å². The van der Waals surface area contributed by atoms with Crippen LogP contribution in [0.2, 0.25) is 0 Å². The highest BCUT2D eigenvalue weighted by molar-refractivity contribution is 5.21. The topological polar surface area (TPSA) is 21.3 Å². The molecule has 0 saturated heterocycles. The molecule has 0 fully saturated rings. The van der Waals surface area contributed by atoms with Crippen LogP contribution in [0.5, 0.6) is 5.75 Å². The van der Waals surface area contributed by atoms with E-state index in [1.165, 1.54) is 5.56 Å². The van der Waals surface area contributed by atoms with E-state index in [0.29, 0.717) is 6.04 Å². The molecule has 0 aromatic heterocycles. The van der Waals surface area contributed by atoms with Gasteiger partial charge < -0.3 is 10.1 Å². The molecular formula is C17H21NO. The van der Waals surface area contributed by atoms with E-state index in [1.54, 1.807) is 0 Å². The van der Waals surface area contributed by atoms with Gasteiger partial charge in [-0.05, 0) is 24.2 Å². The van der Waals surface area contributed by atoms with E-state index in [9.17, 15) is 0 Å². The van der Waals surface area contributed by atoms with Crippen LogP contribution >= 0.6 is 0 Å². The molecule has 1 N–H and O–H groups in total. The highest BCUT2D eigenvalue weighted by atomic mass is 16.5. The SMILES string of the molecule is CCNC(CCOc1ccccc1)c1ccccc1. The van der Waals surface area contributed by atoms with Crippen LogP contribution in [0.4, 0.5) is 0 Å². The summed E-state index contributed by atoms with van der Waals surface area (Å²) in [7, 11) is 0. The first kappa shape index (κ1) is 13.6. The third-order valence-corrected chi connectivity index (χ3v) is 3.07. The van der Waals surface area contributed by atoms with Crippen LogP contribution < -0.4 is 10.1 Å². The Labute approximate surface area is 115 Å². The maximum atomic E-state index is 5.76. The van der Waals surface area contributed by atoms with Crippen LogP contribution in [0, 0.1) is 0 Å². The van der Waals surface area contributed by atoms with Crippen LogP contribution in [0.3, 0.4) is 0 Å². The first-order valence-corrected chi connectivity index (χ1v) is 6.86. The van der Waals surface area contributed by atoms with Crippen molar-refractivity contribution in [1.29, 1.82) is 0 Å². The molecule has 2 aromatic rings. The number of rotatable bonds is 7. The largest absolute Gasteiger partial charge is 0.494 e. The van der Waals surface area contributed by atoms with Gasteiger partial charge in [0.2, 0.25) is 0 Å². The molecule has 0 aliphatic rings. The van der Waals surface area contributed by atoms with E-state index in [4.69, 9.17) is 4.74 Å². The molecule has 0 aliphatic heterocycles. The van der Waals surface area contributed by atoms with Gasteiger partial charge in [-0.2, -0.15) is 0 Å². The summed E-state index contributed by atoms with van der Waals surface area (Å²) in [5.41, 5.74) is 1.32. The van der Waals surface area contributed by atoms with Crippen molar-refractivity contribution < 1.29 is 4.74 Å². The quantitative estimate of drug-likeness (QED) is 0.812. The second-order valence-electron chi connectivity index (χ2n) is 4.47. The molecule has 100 valence electrons. The Balaban J connectivity index is 1.87. The summed E-state index contributed by atoms with van der Waals surface area (Å²) < 4.78 is 5.76. The average Bonchev–Trinajstić information content (AvgIpc) is 2.48. The molecule has 0 heterocycles. The number of hydrogen-bond acceptors (Lipinski definition) is 2. The Bertz CT molecular complexity index is 455. The van der Waals surface area contributed by atoms with Gasteiger partial charge in [-0.1, -0.05) is 55.5 Å².